The van der Waals surface area contributed by atoms with Crippen LogP contribution >= 0.6 is 0 Å². The highest BCUT2D eigenvalue weighted by Gasteiger charge is 2.20. The van der Waals surface area contributed by atoms with Crippen LogP contribution in [0.5, 0.6) is 0 Å². The fraction of sp³-hybridized carbons (Fsp3) is 0.294. The van der Waals surface area contributed by atoms with Crippen molar-refractivity contribution in [1.82, 2.24) is 25.1 Å². The number of carbonyl (C=O) groups is 2. The zero-order valence-electron chi connectivity index (χ0n) is 14.5. The van der Waals surface area contributed by atoms with E-state index in [-0.39, 0.29) is 18.7 Å². The highest BCUT2D eigenvalue weighted by atomic mass is 16.5. The maximum Gasteiger partial charge on any atom is 0.357 e. The van der Waals surface area contributed by atoms with Crippen molar-refractivity contribution in [3.8, 4) is 6.07 Å². The van der Waals surface area contributed by atoms with Gasteiger partial charge in [0.2, 0.25) is 0 Å². The number of tetrazole rings is 1. The summed E-state index contributed by atoms with van der Waals surface area (Å²) in [5.74, 6) is -0.728. The Morgan fingerprint density at radius 2 is 2.08 bits per heavy atom. The van der Waals surface area contributed by atoms with E-state index in [0.717, 1.165) is 5.56 Å². The number of esters is 1. The minimum atomic E-state index is -0.730. The lowest BCUT2D eigenvalue weighted by Crippen LogP contribution is -2.32. The van der Waals surface area contributed by atoms with E-state index in [4.69, 9.17) is 10.00 Å². The molecule has 0 spiro atoms. The molecule has 0 bridgehead atoms. The molecule has 0 N–H and O–H groups in total. The summed E-state index contributed by atoms with van der Waals surface area (Å²) < 4.78 is 6.37. The van der Waals surface area contributed by atoms with E-state index < -0.39 is 18.5 Å². The summed E-state index contributed by atoms with van der Waals surface area (Å²) in [6, 6.07) is 11.1. The maximum atomic E-state index is 12.5. The Labute approximate surface area is 150 Å². The van der Waals surface area contributed by atoms with Gasteiger partial charge in [0.05, 0.1) is 12.5 Å². The van der Waals surface area contributed by atoms with Crippen LogP contribution in [-0.4, -0.2) is 57.2 Å². The average molecular weight is 354 g/mol. The van der Waals surface area contributed by atoms with E-state index in [0.29, 0.717) is 5.82 Å². The summed E-state index contributed by atoms with van der Waals surface area (Å²) in [6.07, 6.45) is 1.79. The van der Waals surface area contributed by atoms with E-state index in [1.807, 2.05) is 36.4 Å². The smallest absolute Gasteiger partial charge is 0.357 e. The van der Waals surface area contributed by atoms with Crippen LogP contribution in [0.1, 0.15) is 17.8 Å². The molecule has 2 rings (SSSR count). The minimum absolute atomic E-state index is 0.0891. The Bertz CT molecular complexity index is 838. The van der Waals surface area contributed by atoms with Crippen molar-refractivity contribution in [3.63, 3.8) is 0 Å². The first-order valence-corrected chi connectivity index (χ1v) is 7.83. The molecule has 0 unspecified atom stereocenters. The molecule has 9 heteroatoms. The quantitative estimate of drug-likeness (QED) is 0.536. The van der Waals surface area contributed by atoms with Crippen molar-refractivity contribution in [1.29, 1.82) is 5.26 Å². The number of ether oxygens (including phenoxy) is 1. The standard InChI is InChI=1S/C17H18N6O3/c1-13-19-20-21-23(13)15(11-14-7-4-3-5-8-14)17(25)26-12-16(24)22(2)10-6-9-18/h3-5,7-8,11H,6,10,12H2,1-2H3/b15-11-. The number of benzene rings is 1. The van der Waals surface area contributed by atoms with Gasteiger partial charge in [0.1, 0.15) is 0 Å². The predicted molar refractivity (Wildman–Crippen MR) is 92.0 cm³/mol. The second-order valence-electron chi connectivity index (χ2n) is 5.38. The van der Waals surface area contributed by atoms with Crippen LogP contribution in [0.2, 0.25) is 0 Å². The summed E-state index contributed by atoms with van der Waals surface area (Å²) >= 11 is 0. The minimum Gasteiger partial charge on any atom is -0.451 e. The molecule has 1 aromatic carbocycles. The molecular weight excluding hydrogens is 336 g/mol. The molecule has 0 fully saturated rings. The topological polar surface area (TPSA) is 114 Å². The van der Waals surface area contributed by atoms with E-state index in [2.05, 4.69) is 15.5 Å². The Hall–Kier alpha value is -3.54. The van der Waals surface area contributed by atoms with Crippen LogP contribution in [0, 0.1) is 18.3 Å². The normalized spacial score (nSPS) is 10.9. The van der Waals surface area contributed by atoms with Crippen molar-refractivity contribution < 1.29 is 14.3 Å². The molecule has 0 saturated heterocycles. The number of nitrogens with zero attached hydrogens (tertiary/aromatic N) is 6. The van der Waals surface area contributed by atoms with Crippen LogP contribution in [0.15, 0.2) is 30.3 Å². The van der Waals surface area contributed by atoms with Crippen molar-refractivity contribution in [3.05, 3.63) is 41.7 Å². The lowest BCUT2D eigenvalue weighted by molar-refractivity contribution is -0.147. The highest BCUT2D eigenvalue weighted by molar-refractivity contribution is 6.15. The van der Waals surface area contributed by atoms with Gasteiger partial charge in [-0.3, -0.25) is 4.79 Å². The van der Waals surface area contributed by atoms with Crippen molar-refractivity contribution in [2.24, 2.45) is 0 Å². The molecule has 0 radical (unpaired) electrons. The molecular formula is C17H18N6O3. The van der Waals surface area contributed by atoms with E-state index in [1.54, 1.807) is 20.0 Å². The molecule has 26 heavy (non-hydrogen) atoms. The summed E-state index contributed by atoms with van der Waals surface area (Å²) in [5.41, 5.74) is 0.845. The average Bonchev–Trinajstić information content (AvgIpc) is 3.08. The number of likely N-dealkylation sites (N-methyl/N-ethyl adjacent to an activating group) is 1. The third kappa shape index (κ3) is 4.98. The number of nitriles is 1. The molecule has 0 aliphatic heterocycles. The monoisotopic (exact) mass is 354 g/mol. The van der Waals surface area contributed by atoms with Gasteiger partial charge in [-0.15, -0.1) is 5.10 Å². The number of aryl methyl sites for hydroxylation is 1. The van der Waals surface area contributed by atoms with Gasteiger partial charge in [0.25, 0.3) is 5.91 Å². The molecule has 0 aliphatic carbocycles. The highest BCUT2D eigenvalue weighted by Crippen LogP contribution is 2.13. The molecule has 1 heterocycles. The van der Waals surface area contributed by atoms with E-state index in [9.17, 15) is 9.59 Å². The van der Waals surface area contributed by atoms with Gasteiger partial charge >= 0.3 is 5.97 Å². The molecule has 9 nitrogen and oxygen atoms in total. The maximum absolute atomic E-state index is 12.5. The number of aromatic nitrogens is 4. The Balaban J connectivity index is 2.15. The predicted octanol–water partition coefficient (Wildman–Crippen LogP) is 0.895. The lowest BCUT2D eigenvalue weighted by Gasteiger charge is -2.15. The molecule has 1 amide bonds. The summed E-state index contributed by atoms with van der Waals surface area (Å²) in [5, 5.41) is 19.6. The van der Waals surface area contributed by atoms with Gasteiger partial charge < -0.3 is 9.64 Å². The van der Waals surface area contributed by atoms with Gasteiger partial charge in [-0.05, 0) is 29.0 Å². The van der Waals surface area contributed by atoms with Crippen LogP contribution in [0.3, 0.4) is 0 Å². The van der Waals surface area contributed by atoms with Crippen LogP contribution in [-0.2, 0) is 14.3 Å². The Kier molecular flexibility index (Phi) is 6.56. The molecule has 0 saturated carbocycles. The molecule has 134 valence electrons. The van der Waals surface area contributed by atoms with E-state index in [1.165, 1.54) is 9.58 Å². The fourth-order valence-electron chi connectivity index (χ4n) is 2.02. The van der Waals surface area contributed by atoms with Crippen LogP contribution in [0.4, 0.5) is 0 Å². The lowest BCUT2D eigenvalue weighted by atomic mass is 10.2. The van der Waals surface area contributed by atoms with Crippen molar-refractivity contribution in [2.75, 3.05) is 20.2 Å². The van der Waals surface area contributed by atoms with Gasteiger partial charge in [-0.25, -0.2) is 4.79 Å². The molecule has 0 atom stereocenters. The first-order valence-electron chi connectivity index (χ1n) is 7.83. The van der Waals surface area contributed by atoms with Crippen LogP contribution in [0.25, 0.3) is 11.8 Å². The number of rotatable bonds is 7. The second kappa shape index (κ2) is 9.08. The molecule has 2 aromatic rings. The van der Waals surface area contributed by atoms with Gasteiger partial charge in [0, 0.05) is 13.6 Å². The van der Waals surface area contributed by atoms with Crippen molar-refractivity contribution >= 4 is 23.6 Å². The van der Waals surface area contributed by atoms with Crippen LogP contribution < -0.4 is 0 Å². The first-order chi connectivity index (χ1) is 12.5. The van der Waals surface area contributed by atoms with Crippen molar-refractivity contribution in [2.45, 2.75) is 13.3 Å². The SMILES string of the molecule is Cc1nnnn1/C(=C\c1ccccc1)C(=O)OCC(=O)N(C)CCC#N. The number of amides is 1. The Morgan fingerprint density at radius 1 is 1.35 bits per heavy atom. The summed E-state index contributed by atoms with van der Waals surface area (Å²) in [4.78, 5) is 25.8. The number of hydrogen-bond donors (Lipinski definition) is 0. The number of carbonyl (C=O) groups excluding carboxylic acids is 2. The fourth-order valence-corrected chi connectivity index (χ4v) is 2.02. The van der Waals surface area contributed by atoms with Gasteiger partial charge in [-0.1, -0.05) is 30.3 Å². The first kappa shape index (κ1) is 18.8. The third-order valence-electron chi connectivity index (χ3n) is 3.48. The third-order valence-corrected chi connectivity index (χ3v) is 3.48. The van der Waals surface area contributed by atoms with Gasteiger partial charge in [0.15, 0.2) is 18.1 Å². The van der Waals surface area contributed by atoms with E-state index >= 15 is 0 Å². The largest absolute Gasteiger partial charge is 0.451 e. The zero-order valence-corrected chi connectivity index (χ0v) is 14.5. The van der Waals surface area contributed by atoms with Gasteiger partial charge in [-0.2, -0.15) is 9.94 Å². The molecule has 0 aliphatic rings. The molecule has 1 aromatic heterocycles. The summed E-state index contributed by atoms with van der Waals surface area (Å²) in [6.45, 7) is 1.48. The Morgan fingerprint density at radius 3 is 2.69 bits per heavy atom. The summed E-state index contributed by atoms with van der Waals surface area (Å²) in [7, 11) is 1.54. The second-order valence-corrected chi connectivity index (χ2v) is 5.38. The zero-order chi connectivity index (χ0) is 18.9. The number of hydrogen-bond acceptors (Lipinski definition) is 7.